The zero-order chi connectivity index (χ0) is 15.1. The topological polar surface area (TPSA) is 75.4 Å². The summed E-state index contributed by atoms with van der Waals surface area (Å²) >= 11 is 0. The second-order valence-corrected chi connectivity index (χ2v) is 5.43. The van der Waals surface area contributed by atoms with E-state index in [2.05, 4.69) is 5.43 Å². The minimum absolute atomic E-state index is 0.130. The Morgan fingerprint density at radius 3 is 2.86 bits per heavy atom. The lowest BCUT2D eigenvalue weighted by molar-refractivity contribution is -0.121. The quantitative estimate of drug-likeness (QED) is 0.362. The third-order valence-corrected chi connectivity index (χ3v) is 3.90. The van der Waals surface area contributed by atoms with Gasteiger partial charge in [0.1, 0.15) is 0 Å². The van der Waals surface area contributed by atoms with Gasteiger partial charge in [0, 0.05) is 25.1 Å². The van der Waals surface area contributed by atoms with Crippen molar-refractivity contribution >= 4 is 11.8 Å². The van der Waals surface area contributed by atoms with Crippen molar-refractivity contribution in [2.24, 2.45) is 5.84 Å². The summed E-state index contributed by atoms with van der Waals surface area (Å²) in [6.07, 6.45) is 5.09. The summed E-state index contributed by atoms with van der Waals surface area (Å²) in [6.45, 7) is 1.58. The van der Waals surface area contributed by atoms with Crippen molar-refractivity contribution in [3.05, 3.63) is 35.4 Å². The Labute approximate surface area is 125 Å². The summed E-state index contributed by atoms with van der Waals surface area (Å²) < 4.78 is 0. The van der Waals surface area contributed by atoms with Gasteiger partial charge in [0.2, 0.25) is 5.91 Å². The predicted octanol–water partition coefficient (Wildman–Crippen LogP) is 1.63. The lowest BCUT2D eigenvalue weighted by Crippen LogP contribution is -2.32. The molecule has 0 aromatic heterocycles. The number of nitrogens with one attached hydrogen (secondary N) is 1. The standard InChI is InChI=1S/C16H23N3O2/c17-18-15(20)10-2-1-5-11-19-12-6-8-13-7-3-4-9-14(13)16(19)21/h3-4,7,9H,1-2,5-6,8,10-12,17H2,(H,18,20). The molecule has 2 amide bonds. The molecular weight excluding hydrogens is 266 g/mol. The maximum Gasteiger partial charge on any atom is 0.254 e. The van der Waals surface area contributed by atoms with E-state index in [1.807, 2.05) is 29.2 Å². The highest BCUT2D eigenvalue weighted by molar-refractivity contribution is 5.96. The maximum absolute atomic E-state index is 12.5. The number of hydrazine groups is 1. The lowest BCUT2D eigenvalue weighted by Gasteiger charge is -2.20. The van der Waals surface area contributed by atoms with E-state index >= 15 is 0 Å². The highest BCUT2D eigenvalue weighted by atomic mass is 16.2. The van der Waals surface area contributed by atoms with Crippen molar-refractivity contribution in [2.75, 3.05) is 13.1 Å². The zero-order valence-electron chi connectivity index (χ0n) is 12.3. The van der Waals surface area contributed by atoms with Gasteiger partial charge < -0.3 is 4.90 Å². The predicted molar refractivity (Wildman–Crippen MR) is 81.5 cm³/mol. The van der Waals surface area contributed by atoms with Gasteiger partial charge in [-0.25, -0.2) is 5.84 Å². The van der Waals surface area contributed by atoms with E-state index in [0.717, 1.165) is 56.3 Å². The van der Waals surface area contributed by atoms with Gasteiger partial charge in [-0.1, -0.05) is 24.6 Å². The third-order valence-electron chi connectivity index (χ3n) is 3.90. The molecular formula is C16H23N3O2. The molecule has 1 heterocycles. The minimum Gasteiger partial charge on any atom is -0.339 e. The number of hydrogen-bond acceptors (Lipinski definition) is 3. The molecule has 0 radical (unpaired) electrons. The van der Waals surface area contributed by atoms with E-state index in [1.54, 1.807) is 0 Å². The van der Waals surface area contributed by atoms with E-state index in [4.69, 9.17) is 5.84 Å². The number of rotatable bonds is 6. The number of benzene rings is 1. The van der Waals surface area contributed by atoms with E-state index in [9.17, 15) is 9.59 Å². The number of aryl methyl sites for hydroxylation is 1. The third kappa shape index (κ3) is 4.29. The number of carbonyl (C=O) groups excluding carboxylic acids is 2. The van der Waals surface area contributed by atoms with Crippen LogP contribution in [0.4, 0.5) is 0 Å². The summed E-state index contributed by atoms with van der Waals surface area (Å²) in [4.78, 5) is 25.5. The Hall–Kier alpha value is -1.88. The molecule has 3 N–H and O–H groups in total. The monoisotopic (exact) mass is 289 g/mol. The Balaban J connectivity index is 1.81. The number of unbranched alkanes of at least 4 members (excludes halogenated alkanes) is 2. The SMILES string of the molecule is NNC(=O)CCCCCN1CCCc2ccccc2C1=O. The Kier molecular flexibility index (Phi) is 5.75. The molecule has 0 bridgehead atoms. The Morgan fingerprint density at radius 2 is 2.05 bits per heavy atom. The minimum atomic E-state index is -0.130. The first-order chi connectivity index (χ1) is 10.2. The van der Waals surface area contributed by atoms with Crippen LogP contribution in [0, 0.1) is 0 Å². The van der Waals surface area contributed by atoms with Gasteiger partial charge in [0.25, 0.3) is 5.91 Å². The number of amides is 2. The number of carbonyl (C=O) groups is 2. The number of fused-ring (bicyclic) bond motifs is 1. The number of nitrogens with zero attached hydrogens (tertiary/aromatic N) is 1. The molecule has 0 atom stereocenters. The highest BCUT2D eigenvalue weighted by Gasteiger charge is 2.21. The summed E-state index contributed by atoms with van der Waals surface area (Å²) in [5.41, 5.74) is 4.13. The van der Waals surface area contributed by atoms with Crippen LogP contribution in [-0.2, 0) is 11.2 Å². The van der Waals surface area contributed by atoms with E-state index < -0.39 is 0 Å². The van der Waals surface area contributed by atoms with Gasteiger partial charge in [-0.2, -0.15) is 0 Å². The molecule has 0 fully saturated rings. The van der Waals surface area contributed by atoms with E-state index in [0.29, 0.717) is 6.42 Å². The van der Waals surface area contributed by atoms with Crippen molar-refractivity contribution < 1.29 is 9.59 Å². The van der Waals surface area contributed by atoms with Crippen LogP contribution >= 0.6 is 0 Å². The van der Waals surface area contributed by atoms with Gasteiger partial charge in [0.15, 0.2) is 0 Å². The van der Waals surface area contributed by atoms with Gasteiger partial charge in [-0.3, -0.25) is 15.0 Å². The first kappa shape index (κ1) is 15.5. The first-order valence-corrected chi connectivity index (χ1v) is 7.59. The van der Waals surface area contributed by atoms with Crippen molar-refractivity contribution in [3.8, 4) is 0 Å². The van der Waals surface area contributed by atoms with Crippen molar-refractivity contribution in [1.29, 1.82) is 0 Å². The van der Waals surface area contributed by atoms with Crippen LogP contribution in [0.3, 0.4) is 0 Å². The molecule has 0 spiro atoms. The van der Waals surface area contributed by atoms with Crippen molar-refractivity contribution in [2.45, 2.75) is 38.5 Å². The smallest absolute Gasteiger partial charge is 0.254 e. The molecule has 21 heavy (non-hydrogen) atoms. The highest BCUT2D eigenvalue weighted by Crippen LogP contribution is 2.19. The number of nitrogens with two attached hydrogens (primary N) is 1. The van der Waals surface area contributed by atoms with E-state index in [-0.39, 0.29) is 11.8 Å². The molecule has 5 nitrogen and oxygen atoms in total. The van der Waals surface area contributed by atoms with Crippen LogP contribution < -0.4 is 11.3 Å². The zero-order valence-corrected chi connectivity index (χ0v) is 12.3. The summed E-state index contributed by atoms with van der Waals surface area (Å²) in [7, 11) is 0. The molecule has 0 saturated carbocycles. The van der Waals surface area contributed by atoms with Crippen molar-refractivity contribution in [1.82, 2.24) is 10.3 Å². The van der Waals surface area contributed by atoms with Crippen LogP contribution in [0.2, 0.25) is 0 Å². The molecule has 1 aromatic rings. The largest absolute Gasteiger partial charge is 0.339 e. The van der Waals surface area contributed by atoms with Crippen LogP contribution in [0.5, 0.6) is 0 Å². The molecule has 1 aromatic carbocycles. The van der Waals surface area contributed by atoms with Crippen LogP contribution in [0.15, 0.2) is 24.3 Å². The molecule has 1 aliphatic heterocycles. The molecule has 5 heteroatoms. The summed E-state index contributed by atoms with van der Waals surface area (Å²) in [5, 5.41) is 0. The molecule has 1 aliphatic rings. The summed E-state index contributed by atoms with van der Waals surface area (Å²) in [5.74, 6) is 5.04. The van der Waals surface area contributed by atoms with Crippen LogP contribution in [-0.4, -0.2) is 29.8 Å². The van der Waals surface area contributed by atoms with Gasteiger partial charge in [0.05, 0.1) is 0 Å². The van der Waals surface area contributed by atoms with Crippen molar-refractivity contribution in [3.63, 3.8) is 0 Å². The normalized spacial score (nSPS) is 14.5. The van der Waals surface area contributed by atoms with Gasteiger partial charge in [-0.05, 0) is 37.3 Å². The fourth-order valence-electron chi connectivity index (χ4n) is 2.73. The van der Waals surface area contributed by atoms with Crippen LogP contribution in [0.25, 0.3) is 0 Å². The summed E-state index contributed by atoms with van der Waals surface area (Å²) in [6, 6.07) is 7.87. The van der Waals surface area contributed by atoms with Crippen LogP contribution in [0.1, 0.15) is 48.0 Å². The second kappa shape index (κ2) is 7.78. The number of hydrogen-bond donors (Lipinski definition) is 2. The Morgan fingerprint density at radius 1 is 1.24 bits per heavy atom. The molecule has 2 rings (SSSR count). The molecule has 0 aliphatic carbocycles. The fraction of sp³-hybridized carbons (Fsp3) is 0.500. The van der Waals surface area contributed by atoms with Gasteiger partial charge in [-0.15, -0.1) is 0 Å². The maximum atomic E-state index is 12.5. The molecule has 0 saturated heterocycles. The average Bonchev–Trinajstić information content (AvgIpc) is 2.67. The second-order valence-electron chi connectivity index (χ2n) is 5.43. The van der Waals surface area contributed by atoms with E-state index in [1.165, 1.54) is 0 Å². The molecule has 114 valence electrons. The Bertz CT molecular complexity index is 502. The lowest BCUT2D eigenvalue weighted by atomic mass is 10.0. The molecule has 0 unspecified atom stereocenters. The fourth-order valence-corrected chi connectivity index (χ4v) is 2.73. The van der Waals surface area contributed by atoms with Gasteiger partial charge >= 0.3 is 0 Å². The first-order valence-electron chi connectivity index (χ1n) is 7.59. The average molecular weight is 289 g/mol.